The lowest BCUT2D eigenvalue weighted by molar-refractivity contribution is -0.121. The van der Waals surface area contributed by atoms with E-state index in [1.54, 1.807) is 0 Å². The van der Waals surface area contributed by atoms with Gasteiger partial charge in [-0.3, -0.25) is 4.79 Å². The molecule has 2 aromatic rings. The molecule has 3 rings (SSSR count). The van der Waals surface area contributed by atoms with Gasteiger partial charge in [0, 0.05) is 18.6 Å². The van der Waals surface area contributed by atoms with Crippen LogP contribution in [0.5, 0.6) is 5.75 Å². The van der Waals surface area contributed by atoms with Crippen LogP contribution < -0.4 is 21.1 Å². The minimum absolute atomic E-state index is 0.0186. The molecule has 0 spiro atoms. The van der Waals surface area contributed by atoms with E-state index in [9.17, 15) is 4.79 Å². The topological polar surface area (TPSA) is 76.4 Å². The smallest absolute Gasteiger partial charge is 0.224 e. The molecule has 0 saturated heterocycles. The van der Waals surface area contributed by atoms with Gasteiger partial charge in [-0.25, -0.2) is 0 Å². The molecule has 1 aliphatic carbocycles. The molecule has 1 fully saturated rings. The number of nitrogens with two attached hydrogens (primary N) is 1. The second-order valence-corrected chi connectivity index (χ2v) is 9.76. The second kappa shape index (κ2) is 12.8. The monoisotopic (exact) mass is 451 g/mol. The SMILES string of the molecule is CCCC(C)COc1ccc([C@H](CNCC2(N)CCCC2)NC(=O)Cc2ccccc2)cc1. The first-order valence-corrected chi connectivity index (χ1v) is 12.5. The number of ether oxygens (including phenoxy) is 1. The summed E-state index contributed by atoms with van der Waals surface area (Å²) in [7, 11) is 0. The summed E-state index contributed by atoms with van der Waals surface area (Å²) in [6.45, 7) is 6.56. The number of benzene rings is 2. The molecule has 2 atom stereocenters. The first-order chi connectivity index (χ1) is 16.0. The molecule has 0 heterocycles. The van der Waals surface area contributed by atoms with Gasteiger partial charge in [0.1, 0.15) is 5.75 Å². The van der Waals surface area contributed by atoms with Gasteiger partial charge in [-0.2, -0.15) is 0 Å². The highest BCUT2D eigenvalue weighted by atomic mass is 16.5. The average molecular weight is 452 g/mol. The highest BCUT2D eigenvalue weighted by Crippen LogP contribution is 2.26. The van der Waals surface area contributed by atoms with Gasteiger partial charge in [0.2, 0.25) is 5.91 Å². The molecule has 1 amide bonds. The summed E-state index contributed by atoms with van der Waals surface area (Å²) in [4.78, 5) is 12.8. The maximum Gasteiger partial charge on any atom is 0.224 e. The summed E-state index contributed by atoms with van der Waals surface area (Å²) in [5.74, 6) is 1.43. The number of amides is 1. The number of nitrogens with one attached hydrogen (secondary N) is 2. The Bertz CT molecular complexity index is 832. The van der Waals surface area contributed by atoms with Gasteiger partial charge in [0.05, 0.1) is 19.1 Å². The number of rotatable bonds is 13. The molecule has 5 heteroatoms. The molecule has 1 saturated carbocycles. The van der Waals surface area contributed by atoms with Crippen LogP contribution in [0.2, 0.25) is 0 Å². The molecule has 1 unspecified atom stereocenters. The third kappa shape index (κ3) is 8.49. The van der Waals surface area contributed by atoms with Crippen LogP contribution >= 0.6 is 0 Å². The van der Waals surface area contributed by atoms with Crippen LogP contribution in [0.4, 0.5) is 0 Å². The normalized spacial score (nSPS) is 16.8. The lowest BCUT2D eigenvalue weighted by Gasteiger charge is -2.26. The van der Waals surface area contributed by atoms with Crippen molar-refractivity contribution in [3.63, 3.8) is 0 Å². The maximum atomic E-state index is 12.8. The van der Waals surface area contributed by atoms with Crippen molar-refractivity contribution in [2.45, 2.75) is 70.4 Å². The van der Waals surface area contributed by atoms with Crippen molar-refractivity contribution in [2.75, 3.05) is 19.7 Å². The number of carbonyl (C=O) groups excluding carboxylic acids is 1. The van der Waals surface area contributed by atoms with Gasteiger partial charge in [0.15, 0.2) is 0 Å². The van der Waals surface area contributed by atoms with Crippen LogP contribution in [-0.4, -0.2) is 31.1 Å². The van der Waals surface area contributed by atoms with Crippen LogP contribution in [0.15, 0.2) is 54.6 Å². The van der Waals surface area contributed by atoms with E-state index in [0.29, 0.717) is 18.9 Å². The maximum absolute atomic E-state index is 12.8. The quantitative estimate of drug-likeness (QED) is 0.410. The van der Waals surface area contributed by atoms with Crippen molar-refractivity contribution in [3.8, 4) is 5.75 Å². The summed E-state index contributed by atoms with van der Waals surface area (Å²) in [6, 6.07) is 17.9. The van der Waals surface area contributed by atoms with Gasteiger partial charge in [-0.15, -0.1) is 0 Å². The molecule has 1 aliphatic rings. The summed E-state index contributed by atoms with van der Waals surface area (Å²) in [5.41, 5.74) is 8.48. The fourth-order valence-electron chi connectivity index (χ4n) is 4.61. The molecule has 0 radical (unpaired) electrons. The Morgan fingerprint density at radius 3 is 2.45 bits per heavy atom. The molecule has 4 N–H and O–H groups in total. The standard InChI is InChI=1S/C28H41N3O2/c1-3-9-22(2)20-33-25-14-12-24(13-15-25)26(19-30-21-28(29)16-7-8-17-28)31-27(32)18-23-10-5-4-6-11-23/h4-6,10-15,22,26,30H,3,7-9,16-21,29H2,1-2H3,(H,31,32)/t22?,26-/m0/s1. The predicted octanol–water partition coefficient (Wildman–Crippen LogP) is 4.76. The zero-order valence-electron chi connectivity index (χ0n) is 20.3. The summed E-state index contributed by atoms with van der Waals surface area (Å²) >= 11 is 0. The predicted molar refractivity (Wildman–Crippen MR) is 135 cm³/mol. The van der Waals surface area contributed by atoms with Crippen LogP contribution in [0.1, 0.15) is 69.5 Å². The lowest BCUT2D eigenvalue weighted by Crippen LogP contribution is -2.48. The van der Waals surface area contributed by atoms with E-state index in [4.69, 9.17) is 10.5 Å². The number of hydrogen-bond donors (Lipinski definition) is 3. The fraction of sp³-hybridized carbons (Fsp3) is 0.536. The van der Waals surface area contributed by atoms with E-state index in [1.807, 2.05) is 42.5 Å². The molecule has 180 valence electrons. The van der Waals surface area contributed by atoms with Crippen molar-refractivity contribution in [2.24, 2.45) is 11.7 Å². The van der Waals surface area contributed by atoms with Crippen molar-refractivity contribution in [1.82, 2.24) is 10.6 Å². The van der Waals surface area contributed by atoms with E-state index < -0.39 is 0 Å². The summed E-state index contributed by atoms with van der Waals surface area (Å²) in [5, 5.41) is 6.76. The van der Waals surface area contributed by atoms with Gasteiger partial charge >= 0.3 is 0 Å². The molecule has 0 aliphatic heterocycles. The Labute approximate surface area is 199 Å². The number of hydrogen-bond acceptors (Lipinski definition) is 4. The van der Waals surface area contributed by atoms with E-state index in [0.717, 1.165) is 42.9 Å². The van der Waals surface area contributed by atoms with Crippen LogP contribution in [-0.2, 0) is 11.2 Å². The van der Waals surface area contributed by atoms with Gasteiger partial charge < -0.3 is 21.1 Å². The number of carbonyl (C=O) groups is 1. The zero-order valence-corrected chi connectivity index (χ0v) is 20.3. The minimum Gasteiger partial charge on any atom is -0.493 e. The Hall–Kier alpha value is -2.37. The van der Waals surface area contributed by atoms with Crippen molar-refractivity contribution >= 4 is 5.91 Å². The first kappa shape index (κ1) is 25.3. The third-order valence-electron chi connectivity index (χ3n) is 6.57. The largest absolute Gasteiger partial charge is 0.493 e. The Balaban J connectivity index is 1.61. The van der Waals surface area contributed by atoms with Crippen molar-refractivity contribution in [3.05, 3.63) is 65.7 Å². The van der Waals surface area contributed by atoms with Gasteiger partial charge in [-0.05, 0) is 48.4 Å². The Morgan fingerprint density at radius 2 is 1.79 bits per heavy atom. The lowest BCUT2D eigenvalue weighted by atomic mass is 9.99. The molecular formula is C28H41N3O2. The van der Waals surface area contributed by atoms with Gasteiger partial charge in [-0.1, -0.05) is 75.6 Å². The van der Waals surface area contributed by atoms with Crippen LogP contribution in [0.3, 0.4) is 0 Å². The Kier molecular flexibility index (Phi) is 9.76. The van der Waals surface area contributed by atoms with Gasteiger partial charge in [0.25, 0.3) is 0 Å². The minimum atomic E-state index is -0.126. The second-order valence-electron chi connectivity index (χ2n) is 9.76. The average Bonchev–Trinajstić information content (AvgIpc) is 3.24. The van der Waals surface area contributed by atoms with E-state index in [-0.39, 0.29) is 17.5 Å². The summed E-state index contributed by atoms with van der Waals surface area (Å²) in [6.07, 6.45) is 7.24. The molecule has 2 aromatic carbocycles. The molecule has 33 heavy (non-hydrogen) atoms. The molecule has 5 nitrogen and oxygen atoms in total. The zero-order chi connectivity index (χ0) is 23.5. The van der Waals surface area contributed by atoms with E-state index in [2.05, 4.69) is 36.6 Å². The van der Waals surface area contributed by atoms with Crippen LogP contribution in [0.25, 0.3) is 0 Å². The first-order valence-electron chi connectivity index (χ1n) is 12.5. The molecular weight excluding hydrogens is 410 g/mol. The van der Waals surface area contributed by atoms with Crippen molar-refractivity contribution < 1.29 is 9.53 Å². The highest BCUT2D eigenvalue weighted by Gasteiger charge is 2.29. The Morgan fingerprint density at radius 1 is 1.09 bits per heavy atom. The van der Waals surface area contributed by atoms with E-state index >= 15 is 0 Å². The molecule has 0 bridgehead atoms. The third-order valence-corrected chi connectivity index (χ3v) is 6.57. The van der Waals surface area contributed by atoms with Crippen molar-refractivity contribution in [1.29, 1.82) is 0 Å². The highest BCUT2D eigenvalue weighted by molar-refractivity contribution is 5.79. The van der Waals surface area contributed by atoms with Crippen LogP contribution in [0, 0.1) is 5.92 Å². The summed E-state index contributed by atoms with van der Waals surface area (Å²) < 4.78 is 5.96. The molecule has 0 aromatic heterocycles. The van der Waals surface area contributed by atoms with E-state index in [1.165, 1.54) is 25.7 Å². The fourth-order valence-corrected chi connectivity index (χ4v) is 4.61.